The number of carbonyl (C=O) groups is 1. The number of hydrogen-bond donors (Lipinski definition) is 2. The van der Waals surface area contributed by atoms with Crippen LogP contribution < -0.4 is 16.0 Å². The number of primary amides is 1. The maximum absolute atomic E-state index is 14.2. The third-order valence-electron chi connectivity index (χ3n) is 4.48. The highest BCUT2D eigenvalue weighted by atomic mass is 19.1. The van der Waals surface area contributed by atoms with E-state index in [2.05, 4.69) is 15.4 Å². The summed E-state index contributed by atoms with van der Waals surface area (Å²) in [6.07, 6.45) is 4.67. The molecule has 0 saturated carbocycles. The molecule has 0 aliphatic carbocycles. The molecule has 3 N–H and O–H groups in total. The summed E-state index contributed by atoms with van der Waals surface area (Å²) in [6.45, 7) is 0.663. The van der Waals surface area contributed by atoms with E-state index in [9.17, 15) is 13.6 Å². The standard InChI is InChI=1S/C17H16F2N6O/c18-10-3-4-12(19)11(8-10)14-2-1-6-24(14)15-5-7-25-16(23-15)13(9-21-25)22-17(20)26/h3-5,7-9,14H,1-2,6H2,(H3,20,22,26)/t14-/m1/s1. The minimum atomic E-state index is -0.715. The second-order valence-corrected chi connectivity index (χ2v) is 6.12. The van der Waals surface area contributed by atoms with Gasteiger partial charge in [0.05, 0.1) is 12.2 Å². The fraction of sp³-hybridized carbons (Fsp3) is 0.235. The lowest BCUT2D eigenvalue weighted by molar-refractivity contribution is 0.259. The van der Waals surface area contributed by atoms with Gasteiger partial charge >= 0.3 is 6.03 Å². The molecule has 1 atom stereocenters. The smallest absolute Gasteiger partial charge is 0.316 e. The van der Waals surface area contributed by atoms with Crippen LogP contribution in [0.4, 0.5) is 25.1 Å². The zero-order valence-corrected chi connectivity index (χ0v) is 13.7. The van der Waals surface area contributed by atoms with E-state index in [-0.39, 0.29) is 6.04 Å². The van der Waals surface area contributed by atoms with Gasteiger partial charge in [0.15, 0.2) is 5.65 Å². The number of rotatable bonds is 3. The molecular weight excluding hydrogens is 342 g/mol. The highest BCUT2D eigenvalue weighted by Crippen LogP contribution is 2.37. The number of nitrogens with two attached hydrogens (primary N) is 1. The molecule has 26 heavy (non-hydrogen) atoms. The zero-order chi connectivity index (χ0) is 18.3. The van der Waals surface area contributed by atoms with E-state index < -0.39 is 17.7 Å². The number of carbonyl (C=O) groups excluding carboxylic acids is 1. The van der Waals surface area contributed by atoms with Gasteiger partial charge in [0.2, 0.25) is 0 Å². The normalized spacial score (nSPS) is 17.0. The monoisotopic (exact) mass is 358 g/mol. The molecule has 4 rings (SSSR count). The van der Waals surface area contributed by atoms with Gasteiger partial charge in [0.1, 0.15) is 23.1 Å². The topological polar surface area (TPSA) is 88.5 Å². The van der Waals surface area contributed by atoms with Crippen LogP contribution in [0.1, 0.15) is 24.4 Å². The molecule has 1 aliphatic heterocycles. The van der Waals surface area contributed by atoms with Gasteiger partial charge in [-0.2, -0.15) is 5.10 Å². The average Bonchev–Trinajstić information content (AvgIpc) is 3.23. The minimum absolute atomic E-state index is 0.309. The summed E-state index contributed by atoms with van der Waals surface area (Å²) in [5.41, 5.74) is 6.28. The molecule has 3 aromatic rings. The van der Waals surface area contributed by atoms with Crippen molar-refractivity contribution in [1.29, 1.82) is 0 Å². The van der Waals surface area contributed by atoms with Gasteiger partial charge in [0, 0.05) is 18.3 Å². The Morgan fingerprint density at radius 2 is 2.15 bits per heavy atom. The van der Waals surface area contributed by atoms with Crippen molar-refractivity contribution in [2.75, 3.05) is 16.8 Å². The number of halogens is 2. The average molecular weight is 358 g/mol. The first-order valence-electron chi connectivity index (χ1n) is 8.15. The predicted molar refractivity (Wildman–Crippen MR) is 91.9 cm³/mol. The molecule has 1 fully saturated rings. The summed E-state index contributed by atoms with van der Waals surface area (Å²) in [5.74, 6) is -0.318. The van der Waals surface area contributed by atoms with E-state index in [1.165, 1.54) is 16.8 Å². The van der Waals surface area contributed by atoms with Crippen molar-refractivity contribution in [1.82, 2.24) is 14.6 Å². The number of urea groups is 1. The van der Waals surface area contributed by atoms with Crippen LogP contribution in [0.15, 0.2) is 36.7 Å². The van der Waals surface area contributed by atoms with Crippen molar-refractivity contribution in [3.63, 3.8) is 0 Å². The highest BCUT2D eigenvalue weighted by Gasteiger charge is 2.30. The second-order valence-electron chi connectivity index (χ2n) is 6.12. The lowest BCUT2D eigenvalue weighted by Gasteiger charge is -2.26. The molecule has 0 spiro atoms. The number of aromatic nitrogens is 3. The lowest BCUT2D eigenvalue weighted by Crippen LogP contribution is -2.25. The van der Waals surface area contributed by atoms with Gasteiger partial charge in [-0.3, -0.25) is 0 Å². The van der Waals surface area contributed by atoms with E-state index >= 15 is 0 Å². The second kappa shape index (κ2) is 6.25. The van der Waals surface area contributed by atoms with Crippen molar-refractivity contribution in [2.24, 2.45) is 5.73 Å². The van der Waals surface area contributed by atoms with E-state index in [0.29, 0.717) is 35.7 Å². The number of hydrogen-bond acceptors (Lipinski definition) is 4. The zero-order valence-electron chi connectivity index (χ0n) is 13.7. The van der Waals surface area contributed by atoms with Crippen LogP contribution in [0.5, 0.6) is 0 Å². The van der Waals surface area contributed by atoms with E-state index in [1.54, 1.807) is 12.3 Å². The Morgan fingerprint density at radius 1 is 1.31 bits per heavy atom. The molecule has 0 bridgehead atoms. The molecular formula is C17H16F2N6O. The molecule has 2 aromatic heterocycles. The molecule has 7 nitrogen and oxygen atoms in total. The number of fused-ring (bicyclic) bond motifs is 1. The molecule has 9 heteroatoms. The van der Waals surface area contributed by atoms with Gasteiger partial charge in [0.25, 0.3) is 0 Å². The van der Waals surface area contributed by atoms with Gasteiger partial charge in [-0.25, -0.2) is 23.1 Å². The SMILES string of the molecule is NC(=O)Nc1cnn2ccc(N3CCC[C@@H]3c3cc(F)ccc3F)nc12. The van der Waals surface area contributed by atoms with Gasteiger partial charge in [-0.15, -0.1) is 0 Å². The van der Waals surface area contributed by atoms with Gasteiger partial charge < -0.3 is 16.0 Å². The largest absolute Gasteiger partial charge is 0.351 e. The maximum Gasteiger partial charge on any atom is 0.316 e. The summed E-state index contributed by atoms with van der Waals surface area (Å²) in [5, 5.41) is 6.57. The first-order valence-corrected chi connectivity index (χ1v) is 8.15. The van der Waals surface area contributed by atoms with Gasteiger partial charge in [-0.1, -0.05) is 0 Å². The van der Waals surface area contributed by atoms with Crippen LogP contribution in [-0.4, -0.2) is 27.2 Å². The third-order valence-corrected chi connectivity index (χ3v) is 4.48. The van der Waals surface area contributed by atoms with Crippen molar-refractivity contribution in [3.8, 4) is 0 Å². The Kier molecular flexibility index (Phi) is 3.90. The van der Waals surface area contributed by atoms with Crippen LogP contribution in [0, 0.1) is 11.6 Å². The fourth-order valence-electron chi connectivity index (χ4n) is 3.37. The number of nitrogens with one attached hydrogen (secondary N) is 1. The van der Waals surface area contributed by atoms with Crippen LogP contribution in [0.2, 0.25) is 0 Å². The van der Waals surface area contributed by atoms with Crippen LogP contribution >= 0.6 is 0 Å². The lowest BCUT2D eigenvalue weighted by atomic mass is 10.0. The molecule has 1 aromatic carbocycles. The van der Waals surface area contributed by atoms with Crippen molar-refractivity contribution >= 4 is 23.2 Å². The van der Waals surface area contributed by atoms with E-state index in [4.69, 9.17) is 5.73 Å². The number of nitrogens with zero attached hydrogens (tertiary/aromatic N) is 4. The molecule has 2 amide bonds. The quantitative estimate of drug-likeness (QED) is 0.753. The molecule has 0 radical (unpaired) electrons. The maximum atomic E-state index is 14.2. The van der Waals surface area contributed by atoms with Gasteiger partial charge in [-0.05, 0) is 37.1 Å². The van der Waals surface area contributed by atoms with Crippen LogP contribution in [0.3, 0.4) is 0 Å². The van der Waals surface area contributed by atoms with E-state index in [1.807, 2.05) is 4.90 Å². The summed E-state index contributed by atoms with van der Waals surface area (Å²) >= 11 is 0. The Morgan fingerprint density at radius 3 is 2.96 bits per heavy atom. The first kappa shape index (κ1) is 16.2. The summed E-state index contributed by atoms with van der Waals surface area (Å²) < 4.78 is 29.3. The molecule has 0 unspecified atom stereocenters. The molecule has 1 aliphatic rings. The predicted octanol–water partition coefficient (Wildman–Crippen LogP) is 2.84. The Labute approximate surface area is 147 Å². The third kappa shape index (κ3) is 2.81. The van der Waals surface area contributed by atoms with Crippen molar-refractivity contribution in [3.05, 3.63) is 53.9 Å². The minimum Gasteiger partial charge on any atom is -0.351 e. The van der Waals surface area contributed by atoms with Crippen molar-refractivity contribution < 1.29 is 13.6 Å². The Bertz CT molecular complexity index is 989. The molecule has 3 heterocycles. The Hall–Kier alpha value is -3.23. The highest BCUT2D eigenvalue weighted by molar-refractivity contribution is 5.91. The number of anilines is 2. The molecule has 1 saturated heterocycles. The summed E-state index contributed by atoms with van der Waals surface area (Å²) in [4.78, 5) is 17.6. The van der Waals surface area contributed by atoms with E-state index in [0.717, 1.165) is 18.6 Å². The van der Waals surface area contributed by atoms with Crippen molar-refractivity contribution in [2.45, 2.75) is 18.9 Å². The van der Waals surface area contributed by atoms with Crippen LogP contribution in [0.25, 0.3) is 5.65 Å². The van der Waals surface area contributed by atoms with Crippen LogP contribution in [-0.2, 0) is 0 Å². The first-order chi connectivity index (χ1) is 12.5. The molecule has 134 valence electrons. The number of amides is 2. The number of benzene rings is 1. The summed E-state index contributed by atoms with van der Waals surface area (Å²) in [6, 6.07) is 4.21. The Balaban J connectivity index is 1.73. The summed E-state index contributed by atoms with van der Waals surface area (Å²) in [7, 11) is 0. The fourth-order valence-corrected chi connectivity index (χ4v) is 3.37.